The number of carbonyl (C=O) groups excluding carboxylic acids is 2. The molecule has 238 valence electrons. The summed E-state index contributed by atoms with van der Waals surface area (Å²) in [5.41, 5.74) is 6.47. The Morgan fingerprint density at radius 1 is 0.558 bits per heavy atom. The quantitative estimate of drug-likeness (QED) is 0.101. The fraction of sp³-hybridized carbons (Fsp3) is 0.622. The molecule has 0 saturated carbocycles. The molecule has 0 atom stereocenters. The molecule has 0 radical (unpaired) electrons. The van der Waals surface area contributed by atoms with E-state index in [-0.39, 0.29) is 29.0 Å². The molecule has 3 rings (SSSR count). The first kappa shape index (κ1) is 35.4. The average Bonchev–Trinajstić information content (AvgIpc) is 3.28. The first-order valence-electron chi connectivity index (χ1n) is 17.0. The minimum absolute atomic E-state index is 0.0669. The van der Waals surface area contributed by atoms with Gasteiger partial charge in [0.15, 0.2) is 0 Å². The van der Waals surface area contributed by atoms with E-state index in [0.29, 0.717) is 0 Å². The number of alkyl halides is 2. The number of hydrogen-bond acceptors (Lipinski definition) is 2. The summed E-state index contributed by atoms with van der Waals surface area (Å²) in [4.78, 5) is 24.4. The molecule has 43 heavy (non-hydrogen) atoms. The van der Waals surface area contributed by atoms with Crippen LogP contribution in [-0.4, -0.2) is 23.6 Å². The van der Waals surface area contributed by atoms with Crippen LogP contribution in [0.25, 0.3) is 11.1 Å². The third-order valence-corrected chi connectivity index (χ3v) is 9.57. The smallest absolute Gasteiger partial charge is 0.239 e. The van der Waals surface area contributed by atoms with E-state index in [2.05, 4.69) is 48.7 Å². The second kappa shape index (κ2) is 19.4. The molecule has 6 heteroatoms. The van der Waals surface area contributed by atoms with Crippen molar-refractivity contribution in [2.75, 3.05) is 22.4 Å². The van der Waals surface area contributed by atoms with E-state index >= 15 is 0 Å². The summed E-state index contributed by atoms with van der Waals surface area (Å²) < 4.78 is 0. The van der Waals surface area contributed by atoms with E-state index in [0.717, 1.165) is 37.1 Å². The maximum absolute atomic E-state index is 12.2. The SMILES string of the molecule is CCCCCCCCCCC1(CCCCCCCCCC)c2cc(NC(=O)CCl)ccc2-c2ccc(NC(=O)CCl)cc21. The van der Waals surface area contributed by atoms with Crippen molar-refractivity contribution >= 4 is 46.4 Å². The van der Waals surface area contributed by atoms with E-state index in [4.69, 9.17) is 23.2 Å². The number of rotatable bonds is 22. The van der Waals surface area contributed by atoms with E-state index in [9.17, 15) is 9.59 Å². The van der Waals surface area contributed by atoms with Crippen molar-refractivity contribution in [3.05, 3.63) is 47.5 Å². The van der Waals surface area contributed by atoms with Gasteiger partial charge in [-0.15, -0.1) is 23.2 Å². The Balaban J connectivity index is 1.90. The molecular formula is C37H54Cl2N2O2. The van der Waals surface area contributed by atoms with Gasteiger partial charge in [-0.05, 0) is 59.4 Å². The van der Waals surface area contributed by atoms with Gasteiger partial charge in [-0.3, -0.25) is 9.59 Å². The number of carbonyl (C=O) groups is 2. The van der Waals surface area contributed by atoms with Gasteiger partial charge in [-0.1, -0.05) is 129 Å². The zero-order chi connectivity index (χ0) is 30.9. The molecule has 0 unspecified atom stereocenters. The molecule has 0 spiro atoms. The number of fused-ring (bicyclic) bond motifs is 3. The van der Waals surface area contributed by atoms with Crippen LogP contribution in [0, 0.1) is 0 Å². The Kier molecular flexibility index (Phi) is 16.0. The number of anilines is 2. The van der Waals surface area contributed by atoms with Crippen molar-refractivity contribution in [2.45, 2.75) is 135 Å². The fourth-order valence-corrected chi connectivity index (χ4v) is 6.96. The predicted octanol–water partition coefficient (Wildman–Crippen LogP) is 11.4. The van der Waals surface area contributed by atoms with Crippen LogP contribution in [0.5, 0.6) is 0 Å². The van der Waals surface area contributed by atoms with Crippen LogP contribution >= 0.6 is 23.2 Å². The Morgan fingerprint density at radius 2 is 0.907 bits per heavy atom. The summed E-state index contributed by atoms with van der Waals surface area (Å²) in [6, 6.07) is 12.6. The van der Waals surface area contributed by atoms with Gasteiger partial charge in [0.2, 0.25) is 11.8 Å². The lowest BCUT2D eigenvalue weighted by atomic mass is 9.70. The largest absolute Gasteiger partial charge is 0.325 e. The summed E-state index contributed by atoms with van der Waals surface area (Å²) >= 11 is 11.7. The van der Waals surface area contributed by atoms with Crippen molar-refractivity contribution in [2.24, 2.45) is 0 Å². The Morgan fingerprint density at radius 3 is 1.26 bits per heavy atom. The first-order chi connectivity index (χ1) is 21.0. The van der Waals surface area contributed by atoms with Gasteiger partial charge in [-0.25, -0.2) is 0 Å². The summed E-state index contributed by atoms with van der Waals surface area (Å²) in [7, 11) is 0. The maximum Gasteiger partial charge on any atom is 0.239 e. The van der Waals surface area contributed by atoms with Gasteiger partial charge in [-0.2, -0.15) is 0 Å². The number of benzene rings is 2. The summed E-state index contributed by atoms with van der Waals surface area (Å²) in [5, 5.41) is 5.98. The second-order valence-corrected chi connectivity index (χ2v) is 13.0. The molecule has 4 nitrogen and oxygen atoms in total. The maximum atomic E-state index is 12.2. The lowest BCUT2D eigenvalue weighted by Crippen LogP contribution is -2.26. The molecule has 1 aliphatic carbocycles. The number of amides is 2. The van der Waals surface area contributed by atoms with Crippen LogP contribution < -0.4 is 10.6 Å². The van der Waals surface area contributed by atoms with E-state index in [1.54, 1.807) is 0 Å². The summed E-state index contributed by atoms with van der Waals surface area (Å²) in [6.45, 7) is 4.53. The lowest BCUT2D eigenvalue weighted by molar-refractivity contribution is -0.114. The number of unbranched alkanes of at least 4 members (excludes halogenated alkanes) is 14. The van der Waals surface area contributed by atoms with Crippen LogP contribution in [-0.2, 0) is 15.0 Å². The normalized spacial score (nSPS) is 13.0. The highest BCUT2D eigenvalue weighted by Gasteiger charge is 2.42. The van der Waals surface area contributed by atoms with Gasteiger partial charge >= 0.3 is 0 Å². The van der Waals surface area contributed by atoms with Crippen LogP contribution in [0.15, 0.2) is 36.4 Å². The standard InChI is InChI=1S/C37H54Cl2N2O2/c1-3-5-7-9-11-13-15-17-23-37(24-18-16-14-12-10-8-6-4-2)33-25-29(40-35(42)27-38)19-21-31(33)32-22-20-30(26-34(32)37)41-36(43)28-39/h19-22,25-26H,3-18,23-24,27-28H2,1-2H3,(H,40,42)(H,41,43). The van der Waals surface area contributed by atoms with E-state index in [1.807, 2.05) is 12.1 Å². The second-order valence-electron chi connectivity index (χ2n) is 12.4. The van der Waals surface area contributed by atoms with Crippen molar-refractivity contribution in [3.63, 3.8) is 0 Å². The molecule has 0 fully saturated rings. The number of nitrogens with one attached hydrogen (secondary N) is 2. The zero-order valence-electron chi connectivity index (χ0n) is 26.7. The van der Waals surface area contributed by atoms with Gasteiger partial charge in [0, 0.05) is 16.8 Å². The molecule has 1 aliphatic rings. The summed E-state index contributed by atoms with van der Waals surface area (Å²) in [5.74, 6) is -0.523. The lowest BCUT2D eigenvalue weighted by Gasteiger charge is -2.33. The highest BCUT2D eigenvalue weighted by Crippen LogP contribution is 2.55. The van der Waals surface area contributed by atoms with Crippen LogP contribution in [0.3, 0.4) is 0 Å². The molecule has 0 aliphatic heterocycles. The van der Waals surface area contributed by atoms with Crippen molar-refractivity contribution in [1.29, 1.82) is 0 Å². The minimum atomic E-state index is -0.194. The molecular weight excluding hydrogens is 575 g/mol. The van der Waals surface area contributed by atoms with Gasteiger partial charge in [0.25, 0.3) is 0 Å². The van der Waals surface area contributed by atoms with Crippen LogP contribution in [0.1, 0.15) is 141 Å². The molecule has 0 bridgehead atoms. The number of halogens is 2. The molecule has 2 N–H and O–H groups in total. The zero-order valence-corrected chi connectivity index (χ0v) is 28.2. The average molecular weight is 630 g/mol. The highest BCUT2D eigenvalue weighted by atomic mass is 35.5. The Hall–Kier alpha value is -2.04. The van der Waals surface area contributed by atoms with Gasteiger partial charge in [0.05, 0.1) is 0 Å². The minimum Gasteiger partial charge on any atom is -0.325 e. The number of hydrogen-bond donors (Lipinski definition) is 2. The fourth-order valence-electron chi connectivity index (χ4n) is 6.82. The molecule has 2 amide bonds. The molecule has 2 aromatic rings. The van der Waals surface area contributed by atoms with Crippen molar-refractivity contribution in [1.82, 2.24) is 0 Å². The van der Waals surface area contributed by atoms with Gasteiger partial charge < -0.3 is 10.6 Å². The third kappa shape index (κ3) is 10.5. The van der Waals surface area contributed by atoms with Crippen molar-refractivity contribution in [3.8, 4) is 11.1 Å². The molecule has 2 aromatic carbocycles. The molecule has 0 heterocycles. The third-order valence-electron chi connectivity index (χ3n) is 9.08. The predicted molar refractivity (Wildman–Crippen MR) is 186 cm³/mol. The van der Waals surface area contributed by atoms with Gasteiger partial charge in [0.1, 0.15) is 11.8 Å². The molecule has 0 saturated heterocycles. The highest BCUT2D eigenvalue weighted by molar-refractivity contribution is 6.29. The van der Waals surface area contributed by atoms with Crippen LogP contribution in [0.2, 0.25) is 0 Å². The summed E-state index contributed by atoms with van der Waals surface area (Å²) in [6.07, 6.45) is 22.6. The van der Waals surface area contributed by atoms with E-state index in [1.165, 1.54) is 112 Å². The Labute approximate surface area is 271 Å². The molecule has 0 aromatic heterocycles. The Bertz CT molecular complexity index is 1060. The van der Waals surface area contributed by atoms with Crippen molar-refractivity contribution < 1.29 is 9.59 Å². The topological polar surface area (TPSA) is 58.2 Å². The van der Waals surface area contributed by atoms with Crippen LogP contribution in [0.4, 0.5) is 11.4 Å². The monoisotopic (exact) mass is 628 g/mol. The first-order valence-corrected chi connectivity index (χ1v) is 18.1. The van der Waals surface area contributed by atoms with E-state index < -0.39 is 0 Å².